The number of esters is 2. The number of amides is 1. The third-order valence-electron chi connectivity index (χ3n) is 9.67. The lowest BCUT2D eigenvalue weighted by molar-refractivity contribution is -0.303. The maximum Gasteiger partial charge on any atom is 0.410 e. The standard InChI is InChI=1S/C38H54N2O8/c1-27-22-38(36(42)44-5,48-35(29(27)3)28(2)25-45-30(4)41)47-21-13-20-33-18-12-19-34(39-33)24-40(23-31-14-8-6-9-15-31)37(43)46-26-32-16-10-7-11-17-32/h6-11,14-17,27-29,33-35,39H,12-13,18-26H2,1-5H3/t27-,28-,29-,33?,34?,35?,38-/m1/s1. The molecule has 0 aromatic heterocycles. The summed E-state index contributed by atoms with van der Waals surface area (Å²) in [5.74, 6) is -2.26. The van der Waals surface area contributed by atoms with E-state index >= 15 is 0 Å². The predicted molar refractivity (Wildman–Crippen MR) is 182 cm³/mol. The van der Waals surface area contributed by atoms with Crippen molar-refractivity contribution in [2.75, 3.05) is 26.9 Å². The lowest BCUT2D eigenvalue weighted by Gasteiger charge is -2.46. The molecule has 2 aliphatic heterocycles. The van der Waals surface area contributed by atoms with Gasteiger partial charge in [0.2, 0.25) is 0 Å². The molecule has 2 fully saturated rings. The molecule has 2 saturated heterocycles. The second kappa shape index (κ2) is 18.3. The van der Waals surface area contributed by atoms with Gasteiger partial charge < -0.3 is 33.9 Å². The van der Waals surface area contributed by atoms with Crippen LogP contribution in [0.5, 0.6) is 0 Å². The van der Waals surface area contributed by atoms with Crippen LogP contribution < -0.4 is 5.32 Å². The van der Waals surface area contributed by atoms with E-state index < -0.39 is 11.8 Å². The number of hydrogen-bond donors (Lipinski definition) is 1. The molecular weight excluding hydrogens is 612 g/mol. The number of carbonyl (C=O) groups excluding carboxylic acids is 3. The predicted octanol–water partition coefficient (Wildman–Crippen LogP) is 6.26. The van der Waals surface area contributed by atoms with Crippen LogP contribution in [0.2, 0.25) is 0 Å². The molecule has 0 spiro atoms. The van der Waals surface area contributed by atoms with Gasteiger partial charge in [0, 0.05) is 44.4 Å². The average molecular weight is 667 g/mol. The van der Waals surface area contributed by atoms with Crippen LogP contribution in [0.3, 0.4) is 0 Å². The molecule has 48 heavy (non-hydrogen) atoms. The highest BCUT2D eigenvalue weighted by atomic mass is 16.7. The van der Waals surface area contributed by atoms with Crippen molar-refractivity contribution in [3.63, 3.8) is 0 Å². The van der Waals surface area contributed by atoms with Gasteiger partial charge >= 0.3 is 18.0 Å². The average Bonchev–Trinajstić information content (AvgIpc) is 3.10. The fourth-order valence-electron chi connectivity index (χ4n) is 6.86. The van der Waals surface area contributed by atoms with Crippen molar-refractivity contribution in [1.29, 1.82) is 0 Å². The van der Waals surface area contributed by atoms with E-state index in [1.54, 1.807) is 4.90 Å². The van der Waals surface area contributed by atoms with Crippen LogP contribution in [0.15, 0.2) is 60.7 Å². The van der Waals surface area contributed by atoms with Crippen LogP contribution in [0, 0.1) is 17.8 Å². The SMILES string of the molecule is COC(=O)[C@@]1(OCCCC2CCCC(CN(Cc3ccccc3)C(=O)OCc3ccccc3)N2)C[C@@H](C)[C@@H](C)C([C@H](C)COC(C)=O)O1. The minimum atomic E-state index is -1.50. The molecule has 0 saturated carbocycles. The number of rotatable bonds is 15. The second-order valence-electron chi connectivity index (χ2n) is 13.5. The molecular formula is C38H54N2O8. The summed E-state index contributed by atoms with van der Waals surface area (Å²) in [6.07, 6.45) is 4.33. The number of methoxy groups -OCH3 is 1. The smallest absolute Gasteiger partial charge is 0.410 e. The summed E-state index contributed by atoms with van der Waals surface area (Å²) in [6, 6.07) is 20.1. The Kier molecular flexibility index (Phi) is 14.3. The van der Waals surface area contributed by atoms with Crippen LogP contribution in [0.1, 0.15) is 77.3 Å². The van der Waals surface area contributed by atoms with Crippen molar-refractivity contribution in [2.24, 2.45) is 17.8 Å². The van der Waals surface area contributed by atoms with Crippen LogP contribution >= 0.6 is 0 Å². The molecule has 2 heterocycles. The Balaban J connectivity index is 1.32. The number of benzene rings is 2. The summed E-state index contributed by atoms with van der Waals surface area (Å²) in [6.45, 7) is 9.29. The maximum absolute atomic E-state index is 13.3. The zero-order chi connectivity index (χ0) is 34.5. The molecule has 7 atom stereocenters. The Morgan fingerprint density at radius 1 is 0.979 bits per heavy atom. The van der Waals surface area contributed by atoms with Gasteiger partial charge in [-0.1, -0.05) is 87.9 Å². The first-order valence-electron chi connectivity index (χ1n) is 17.4. The van der Waals surface area contributed by atoms with Crippen molar-refractivity contribution < 1.29 is 38.1 Å². The van der Waals surface area contributed by atoms with Gasteiger partial charge in [-0.15, -0.1) is 0 Å². The van der Waals surface area contributed by atoms with Gasteiger partial charge in [0.15, 0.2) is 0 Å². The molecule has 4 rings (SSSR count). The zero-order valence-corrected chi connectivity index (χ0v) is 29.2. The van der Waals surface area contributed by atoms with Crippen LogP contribution in [0.25, 0.3) is 0 Å². The molecule has 3 unspecified atom stereocenters. The first-order valence-corrected chi connectivity index (χ1v) is 17.4. The molecule has 264 valence electrons. The summed E-state index contributed by atoms with van der Waals surface area (Å²) < 4.78 is 28.9. The maximum atomic E-state index is 13.3. The normalized spacial score (nSPS) is 26.2. The molecule has 2 aliphatic rings. The lowest BCUT2D eigenvalue weighted by Crippen LogP contribution is -2.57. The highest BCUT2D eigenvalue weighted by Gasteiger charge is 2.52. The Hall–Kier alpha value is -3.47. The molecule has 1 N–H and O–H groups in total. The van der Waals surface area contributed by atoms with Gasteiger partial charge in [-0.05, 0) is 48.6 Å². The quantitative estimate of drug-likeness (QED) is 0.134. The van der Waals surface area contributed by atoms with E-state index in [1.807, 2.05) is 67.6 Å². The highest BCUT2D eigenvalue weighted by molar-refractivity contribution is 5.78. The summed E-state index contributed by atoms with van der Waals surface area (Å²) in [4.78, 5) is 39.6. The number of carbonyl (C=O) groups is 3. The van der Waals surface area contributed by atoms with E-state index in [0.29, 0.717) is 26.1 Å². The van der Waals surface area contributed by atoms with Crippen molar-refractivity contribution in [1.82, 2.24) is 10.2 Å². The van der Waals surface area contributed by atoms with Crippen molar-refractivity contribution in [2.45, 2.75) is 103 Å². The van der Waals surface area contributed by atoms with Crippen molar-refractivity contribution in [3.05, 3.63) is 71.8 Å². The third-order valence-corrected chi connectivity index (χ3v) is 9.67. The van der Waals surface area contributed by atoms with E-state index in [-0.39, 0.29) is 61.2 Å². The topological polar surface area (TPSA) is 113 Å². The van der Waals surface area contributed by atoms with E-state index in [0.717, 1.165) is 43.2 Å². The van der Waals surface area contributed by atoms with Crippen LogP contribution in [-0.4, -0.2) is 73.8 Å². The van der Waals surface area contributed by atoms with Gasteiger partial charge in [0.1, 0.15) is 6.61 Å². The van der Waals surface area contributed by atoms with E-state index in [2.05, 4.69) is 19.2 Å². The Morgan fingerprint density at radius 3 is 2.31 bits per heavy atom. The van der Waals surface area contributed by atoms with E-state index in [1.165, 1.54) is 14.0 Å². The van der Waals surface area contributed by atoms with Gasteiger partial charge in [0.25, 0.3) is 5.79 Å². The summed E-state index contributed by atoms with van der Waals surface area (Å²) >= 11 is 0. The van der Waals surface area contributed by atoms with Gasteiger partial charge in [-0.3, -0.25) is 4.79 Å². The van der Waals surface area contributed by atoms with Crippen molar-refractivity contribution in [3.8, 4) is 0 Å². The van der Waals surface area contributed by atoms with Gasteiger partial charge in [0.05, 0.1) is 26.4 Å². The fourth-order valence-corrected chi connectivity index (χ4v) is 6.86. The van der Waals surface area contributed by atoms with Gasteiger partial charge in [-0.2, -0.15) is 0 Å². The molecule has 2 aromatic rings. The first kappa shape index (κ1) is 37.4. The number of nitrogens with zero attached hydrogens (tertiary/aromatic N) is 1. The minimum Gasteiger partial charge on any atom is -0.465 e. The number of piperidine rings is 1. The number of nitrogens with one attached hydrogen (secondary N) is 1. The Labute approximate surface area is 285 Å². The summed E-state index contributed by atoms with van der Waals surface area (Å²) in [5.41, 5.74) is 2.00. The second-order valence-corrected chi connectivity index (χ2v) is 13.5. The monoisotopic (exact) mass is 666 g/mol. The molecule has 2 aromatic carbocycles. The third kappa shape index (κ3) is 10.8. The molecule has 0 aliphatic carbocycles. The first-order chi connectivity index (χ1) is 23.1. The van der Waals surface area contributed by atoms with Crippen LogP contribution in [0.4, 0.5) is 4.79 Å². The fraction of sp³-hybridized carbons (Fsp3) is 0.605. The largest absolute Gasteiger partial charge is 0.465 e. The summed E-state index contributed by atoms with van der Waals surface area (Å²) in [5, 5.41) is 3.77. The molecule has 10 heteroatoms. The zero-order valence-electron chi connectivity index (χ0n) is 29.2. The molecule has 0 bridgehead atoms. The molecule has 10 nitrogen and oxygen atoms in total. The summed E-state index contributed by atoms with van der Waals surface area (Å²) in [7, 11) is 1.35. The lowest BCUT2D eigenvalue weighted by atomic mass is 9.78. The van der Waals surface area contributed by atoms with E-state index in [9.17, 15) is 14.4 Å². The van der Waals surface area contributed by atoms with E-state index in [4.69, 9.17) is 23.7 Å². The number of hydrogen-bond acceptors (Lipinski definition) is 9. The Bertz CT molecular complexity index is 1290. The minimum absolute atomic E-state index is 0.125. The Morgan fingerprint density at radius 2 is 1.65 bits per heavy atom. The molecule has 0 radical (unpaired) electrons. The highest BCUT2D eigenvalue weighted by Crippen LogP contribution is 2.41. The van der Waals surface area contributed by atoms with Crippen LogP contribution in [-0.2, 0) is 46.4 Å². The van der Waals surface area contributed by atoms with Crippen molar-refractivity contribution >= 4 is 18.0 Å². The molecule has 1 amide bonds. The van der Waals surface area contributed by atoms with Gasteiger partial charge in [-0.25, -0.2) is 9.59 Å². The number of ether oxygens (including phenoxy) is 5.